The minimum Gasteiger partial charge on any atom is -0.335 e. The summed E-state index contributed by atoms with van der Waals surface area (Å²) in [6.07, 6.45) is 0. The lowest BCUT2D eigenvalue weighted by molar-refractivity contribution is 0.0621. The summed E-state index contributed by atoms with van der Waals surface area (Å²) in [6, 6.07) is 0. The smallest absolute Gasteiger partial charge is 0.276 e. The molecule has 136 valence electrons. The van der Waals surface area contributed by atoms with Gasteiger partial charge in [0, 0.05) is 58.1 Å². The molecule has 0 aromatic carbocycles. The van der Waals surface area contributed by atoms with Gasteiger partial charge in [-0.15, -0.1) is 0 Å². The van der Waals surface area contributed by atoms with E-state index in [-0.39, 0.29) is 5.91 Å². The summed E-state index contributed by atoms with van der Waals surface area (Å²) in [7, 11) is 3.77. The Balaban J connectivity index is 1.63. The van der Waals surface area contributed by atoms with Crippen molar-refractivity contribution in [2.75, 3.05) is 26.2 Å². The van der Waals surface area contributed by atoms with Gasteiger partial charge in [-0.2, -0.15) is 10.2 Å². The molecule has 8 heteroatoms. The van der Waals surface area contributed by atoms with E-state index < -0.39 is 0 Å². The number of halogens is 1. The van der Waals surface area contributed by atoms with Crippen molar-refractivity contribution in [2.45, 2.75) is 27.3 Å². The monoisotopic (exact) mass is 364 g/mol. The van der Waals surface area contributed by atoms with Crippen molar-refractivity contribution in [3.05, 3.63) is 33.4 Å². The summed E-state index contributed by atoms with van der Waals surface area (Å²) in [4.78, 5) is 16.9. The van der Waals surface area contributed by atoms with Crippen molar-refractivity contribution in [3.8, 4) is 0 Å². The van der Waals surface area contributed by atoms with E-state index in [0.717, 1.165) is 31.0 Å². The van der Waals surface area contributed by atoms with Gasteiger partial charge in [0.1, 0.15) is 0 Å². The third kappa shape index (κ3) is 3.30. The zero-order chi connectivity index (χ0) is 18.3. The first-order chi connectivity index (χ1) is 11.8. The van der Waals surface area contributed by atoms with E-state index in [1.165, 1.54) is 11.3 Å². The molecule has 3 rings (SSSR count). The fraction of sp³-hybridized carbons (Fsp3) is 0.588. The van der Waals surface area contributed by atoms with E-state index in [2.05, 4.69) is 22.0 Å². The van der Waals surface area contributed by atoms with Gasteiger partial charge in [-0.3, -0.25) is 19.1 Å². The molecular formula is C17H25ClN6O. The molecule has 3 heterocycles. The molecule has 0 spiro atoms. The first-order valence-corrected chi connectivity index (χ1v) is 8.87. The highest BCUT2D eigenvalue weighted by Crippen LogP contribution is 2.22. The van der Waals surface area contributed by atoms with E-state index in [4.69, 9.17) is 11.6 Å². The van der Waals surface area contributed by atoms with Crippen molar-refractivity contribution >= 4 is 17.5 Å². The number of carbonyl (C=O) groups excluding carboxylic acids is 1. The molecule has 0 radical (unpaired) electrons. The Morgan fingerprint density at radius 1 is 1.00 bits per heavy atom. The highest BCUT2D eigenvalue weighted by molar-refractivity contribution is 6.34. The lowest BCUT2D eigenvalue weighted by atomic mass is 10.1. The lowest BCUT2D eigenvalue weighted by Gasteiger charge is -2.34. The summed E-state index contributed by atoms with van der Waals surface area (Å²) in [5, 5.41) is 9.20. The Kier molecular flexibility index (Phi) is 4.88. The number of aromatic nitrogens is 4. The third-order valence-corrected chi connectivity index (χ3v) is 5.62. The summed E-state index contributed by atoms with van der Waals surface area (Å²) >= 11 is 6.25. The summed E-state index contributed by atoms with van der Waals surface area (Å²) in [5.41, 5.74) is 4.73. The van der Waals surface area contributed by atoms with E-state index in [0.29, 0.717) is 23.8 Å². The first-order valence-electron chi connectivity index (χ1n) is 8.49. The van der Waals surface area contributed by atoms with E-state index in [9.17, 15) is 4.79 Å². The summed E-state index contributed by atoms with van der Waals surface area (Å²) in [5.74, 6) is -0.0814. The molecule has 2 aromatic heterocycles. The van der Waals surface area contributed by atoms with Gasteiger partial charge in [0.15, 0.2) is 5.69 Å². The maximum absolute atomic E-state index is 12.7. The number of carbonyl (C=O) groups is 1. The molecular weight excluding hydrogens is 340 g/mol. The van der Waals surface area contributed by atoms with E-state index >= 15 is 0 Å². The second kappa shape index (κ2) is 6.80. The second-order valence-corrected chi connectivity index (χ2v) is 7.09. The molecule has 1 amide bonds. The quantitative estimate of drug-likeness (QED) is 0.831. The normalized spacial score (nSPS) is 15.8. The van der Waals surface area contributed by atoms with Crippen LogP contribution in [0.25, 0.3) is 0 Å². The van der Waals surface area contributed by atoms with Crippen LogP contribution in [0.3, 0.4) is 0 Å². The molecule has 0 N–H and O–H groups in total. The first kappa shape index (κ1) is 17.9. The van der Waals surface area contributed by atoms with Gasteiger partial charge in [0.2, 0.25) is 0 Å². The van der Waals surface area contributed by atoms with Crippen LogP contribution in [-0.2, 0) is 20.6 Å². The number of nitrogens with zero attached hydrogens (tertiary/aromatic N) is 6. The standard InChI is InChI=1S/C17H25ClN6O/c1-11-14(12(2)21(4)19-11)10-23-6-8-24(9-7-23)17(25)16-15(18)13(3)22(5)20-16/h6-10H2,1-5H3. The van der Waals surface area contributed by atoms with Crippen LogP contribution in [0, 0.1) is 20.8 Å². The molecule has 1 saturated heterocycles. The number of hydrogen-bond donors (Lipinski definition) is 0. The average molecular weight is 365 g/mol. The van der Waals surface area contributed by atoms with Crippen LogP contribution in [0.15, 0.2) is 0 Å². The van der Waals surface area contributed by atoms with Crippen LogP contribution in [0.2, 0.25) is 5.02 Å². The van der Waals surface area contributed by atoms with Crippen molar-refractivity contribution in [1.82, 2.24) is 29.4 Å². The molecule has 1 aliphatic rings. The van der Waals surface area contributed by atoms with Gasteiger partial charge in [-0.05, 0) is 20.8 Å². The Labute approximate surface area is 153 Å². The molecule has 0 aliphatic carbocycles. The molecule has 2 aromatic rings. The van der Waals surface area contributed by atoms with Crippen molar-refractivity contribution in [1.29, 1.82) is 0 Å². The van der Waals surface area contributed by atoms with Crippen LogP contribution >= 0.6 is 11.6 Å². The van der Waals surface area contributed by atoms with Crippen LogP contribution in [0.1, 0.15) is 33.1 Å². The third-order valence-electron chi connectivity index (χ3n) is 5.16. The fourth-order valence-electron chi connectivity index (χ4n) is 3.25. The topological polar surface area (TPSA) is 59.2 Å². The molecule has 25 heavy (non-hydrogen) atoms. The van der Waals surface area contributed by atoms with E-state index in [1.54, 1.807) is 11.7 Å². The number of rotatable bonds is 3. The average Bonchev–Trinajstić information content (AvgIpc) is 2.99. The molecule has 0 bridgehead atoms. The number of piperazine rings is 1. The van der Waals surface area contributed by atoms with Crippen LogP contribution < -0.4 is 0 Å². The van der Waals surface area contributed by atoms with Crippen molar-refractivity contribution in [3.63, 3.8) is 0 Å². The minimum absolute atomic E-state index is 0.0814. The molecule has 0 unspecified atom stereocenters. The minimum atomic E-state index is -0.0814. The summed E-state index contributed by atoms with van der Waals surface area (Å²) in [6.45, 7) is 9.92. The van der Waals surface area contributed by atoms with Crippen LogP contribution in [-0.4, -0.2) is 61.4 Å². The maximum Gasteiger partial charge on any atom is 0.276 e. The van der Waals surface area contributed by atoms with Crippen LogP contribution in [0.5, 0.6) is 0 Å². The van der Waals surface area contributed by atoms with Gasteiger partial charge in [0.05, 0.1) is 16.4 Å². The molecule has 1 aliphatic heterocycles. The predicted molar refractivity (Wildman–Crippen MR) is 96.8 cm³/mol. The molecule has 0 saturated carbocycles. The zero-order valence-corrected chi connectivity index (χ0v) is 16.3. The lowest BCUT2D eigenvalue weighted by Crippen LogP contribution is -2.48. The van der Waals surface area contributed by atoms with Gasteiger partial charge in [0.25, 0.3) is 5.91 Å². The Morgan fingerprint density at radius 2 is 1.60 bits per heavy atom. The van der Waals surface area contributed by atoms with Crippen molar-refractivity contribution in [2.24, 2.45) is 14.1 Å². The zero-order valence-electron chi connectivity index (χ0n) is 15.5. The molecule has 1 fully saturated rings. The molecule has 7 nitrogen and oxygen atoms in total. The largest absolute Gasteiger partial charge is 0.335 e. The van der Waals surface area contributed by atoms with Gasteiger partial charge in [-0.25, -0.2) is 0 Å². The maximum atomic E-state index is 12.7. The number of hydrogen-bond acceptors (Lipinski definition) is 4. The molecule has 0 atom stereocenters. The van der Waals surface area contributed by atoms with Gasteiger partial charge in [-0.1, -0.05) is 11.6 Å². The van der Waals surface area contributed by atoms with Crippen molar-refractivity contribution < 1.29 is 4.79 Å². The Hall–Kier alpha value is -1.86. The predicted octanol–water partition coefficient (Wildman–Crippen LogP) is 1.69. The second-order valence-electron chi connectivity index (χ2n) is 6.71. The highest BCUT2D eigenvalue weighted by atomic mass is 35.5. The number of aryl methyl sites for hydroxylation is 3. The Morgan fingerprint density at radius 3 is 2.08 bits per heavy atom. The Bertz CT molecular complexity index is 801. The van der Waals surface area contributed by atoms with Gasteiger partial charge < -0.3 is 4.90 Å². The van der Waals surface area contributed by atoms with E-state index in [1.807, 2.05) is 30.5 Å². The fourth-order valence-corrected chi connectivity index (χ4v) is 3.49. The van der Waals surface area contributed by atoms with Crippen LogP contribution in [0.4, 0.5) is 0 Å². The summed E-state index contributed by atoms with van der Waals surface area (Å²) < 4.78 is 3.58. The highest BCUT2D eigenvalue weighted by Gasteiger charge is 2.27. The van der Waals surface area contributed by atoms with Gasteiger partial charge >= 0.3 is 0 Å². The number of amides is 1. The SMILES string of the molecule is Cc1nn(C)c(C)c1CN1CCN(C(=O)c2nn(C)c(C)c2Cl)CC1.